The van der Waals surface area contributed by atoms with Crippen LogP contribution < -0.4 is 5.73 Å². The molecule has 0 aromatic heterocycles. The molecule has 0 spiro atoms. The standard InChI is InChI=1S/C15H22N2O2S2/c16-14-3-1-2-4-15(14)20-9-10-21(18,19)17(13-7-8-13)11-12-5-6-12/h1-4,12-13H,5-11,16H2. The van der Waals surface area contributed by atoms with Gasteiger partial charge in [0, 0.05) is 28.9 Å². The Morgan fingerprint density at radius 1 is 1.19 bits per heavy atom. The van der Waals surface area contributed by atoms with Gasteiger partial charge in [-0.15, -0.1) is 11.8 Å². The fourth-order valence-corrected chi connectivity index (χ4v) is 5.54. The fourth-order valence-electron chi connectivity index (χ4n) is 2.39. The van der Waals surface area contributed by atoms with Crippen LogP contribution in [0.4, 0.5) is 5.69 Å². The molecule has 0 atom stereocenters. The predicted octanol–water partition coefficient (Wildman–Crippen LogP) is 2.57. The van der Waals surface area contributed by atoms with E-state index in [2.05, 4.69) is 0 Å². The van der Waals surface area contributed by atoms with Gasteiger partial charge in [-0.1, -0.05) is 12.1 Å². The van der Waals surface area contributed by atoms with Gasteiger partial charge in [0.05, 0.1) is 5.75 Å². The number of nitrogens with two attached hydrogens (primary N) is 1. The smallest absolute Gasteiger partial charge is 0.215 e. The summed E-state index contributed by atoms with van der Waals surface area (Å²) in [4.78, 5) is 0.966. The first-order valence-corrected chi connectivity index (χ1v) is 10.1. The van der Waals surface area contributed by atoms with Crippen LogP contribution in [-0.2, 0) is 10.0 Å². The number of hydrogen-bond donors (Lipinski definition) is 1. The van der Waals surface area contributed by atoms with Crippen molar-refractivity contribution in [2.45, 2.75) is 36.6 Å². The molecule has 2 aliphatic carbocycles. The number of nitrogen functional groups attached to an aromatic ring is 1. The fraction of sp³-hybridized carbons (Fsp3) is 0.600. The summed E-state index contributed by atoms with van der Waals surface area (Å²) in [6, 6.07) is 7.88. The van der Waals surface area contributed by atoms with E-state index in [1.165, 1.54) is 24.6 Å². The number of nitrogens with zero attached hydrogens (tertiary/aromatic N) is 1. The van der Waals surface area contributed by atoms with Gasteiger partial charge in [0.15, 0.2) is 0 Å². The first-order valence-electron chi connectivity index (χ1n) is 7.53. The predicted molar refractivity (Wildman–Crippen MR) is 87.8 cm³/mol. The second-order valence-electron chi connectivity index (χ2n) is 5.95. The monoisotopic (exact) mass is 326 g/mol. The molecule has 0 unspecified atom stereocenters. The lowest BCUT2D eigenvalue weighted by Gasteiger charge is -2.21. The third-order valence-electron chi connectivity index (χ3n) is 3.96. The van der Waals surface area contributed by atoms with Crippen LogP contribution in [0.25, 0.3) is 0 Å². The molecule has 6 heteroatoms. The summed E-state index contributed by atoms with van der Waals surface area (Å²) in [6.45, 7) is 0.741. The maximum absolute atomic E-state index is 12.5. The number of benzene rings is 1. The number of sulfonamides is 1. The van der Waals surface area contributed by atoms with Gasteiger partial charge in [0.1, 0.15) is 0 Å². The van der Waals surface area contributed by atoms with Crippen molar-refractivity contribution in [2.75, 3.05) is 23.8 Å². The second kappa shape index (κ2) is 6.18. The molecule has 2 saturated carbocycles. The van der Waals surface area contributed by atoms with E-state index in [4.69, 9.17) is 5.73 Å². The highest BCUT2D eigenvalue weighted by molar-refractivity contribution is 8.00. The summed E-state index contributed by atoms with van der Waals surface area (Å²) in [7, 11) is -3.13. The van der Waals surface area contributed by atoms with Crippen molar-refractivity contribution in [3.63, 3.8) is 0 Å². The summed E-state index contributed by atoms with van der Waals surface area (Å²) < 4.78 is 26.8. The van der Waals surface area contributed by atoms with Crippen molar-refractivity contribution in [1.82, 2.24) is 4.31 Å². The van der Waals surface area contributed by atoms with E-state index in [-0.39, 0.29) is 11.8 Å². The zero-order valence-electron chi connectivity index (χ0n) is 12.1. The Labute approximate surface area is 131 Å². The lowest BCUT2D eigenvalue weighted by Crippen LogP contribution is -2.37. The largest absolute Gasteiger partial charge is 0.398 e. The molecular weight excluding hydrogens is 304 g/mol. The molecule has 2 aliphatic rings. The van der Waals surface area contributed by atoms with Gasteiger partial charge in [-0.3, -0.25) is 0 Å². The van der Waals surface area contributed by atoms with Gasteiger partial charge in [-0.2, -0.15) is 4.31 Å². The molecule has 21 heavy (non-hydrogen) atoms. The summed E-state index contributed by atoms with van der Waals surface area (Å²) in [5, 5.41) is 0. The Hall–Kier alpha value is -0.720. The molecule has 4 nitrogen and oxygen atoms in total. The van der Waals surface area contributed by atoms with Crippen molar-refractivity contribution in [1.29, 1.82) is 0 Å². The summed E-state index contributed by atoms with van der Waals surface area (Å²) in [5.41, 5.74) is 6.60. The van der Waals surface area contributed by atoms with Crippen molar-refractivity contribution in [3.05, 3.63) is 24.3 Å². The normalized spacial score (nSPS) is 19.1. The van der Waals surface area contributed by atoms with Crippen LogP contribution in [0.3, 0.4) is 0 Å². The Morgan fingerprint density at radius 3 is 2.52 bits per heavy atom. The Morgan fingerprint density at radius 2 is 1.90 bits per heavy atom. The van der Waals surface area contributed by atoms with E-state index in [9.17, 15) is 8.42 Å². The van der Waals surface area contributed by atoms with Crippen LogP contribution in [0.1, 0.15) is 25.7 Å². The Kier molecular flexibility index (Phi) is 4.47. The molecule has 0 heterocycles. The van der Waals surface area contributed by atoms with E-state index in [0.717, 1.165) is 30.0 Å². The van der Waals surface area contributed by atoms with Gasteiger partial charge in [-0.25, -0.2) is 8.42 Å². The summed E-state index contributed by atoms with van der Waals surface area (Å²) in [5.74, 6) is 1.37. The average Bonchev–Trinajstić information content (AvgIpc) is 3.32. The highest BCUT2D eigenvalue weighted by Crippen LogP contribution is 2.36. The minimum atomic E-state index is -3.13. The summed E-state index contributed by atoms with van der Waals surface area (Å²) >= 11 is 1.53. The van der Waals surface area contributed by atoms with Gasteiger partial charge < -0.3 is 5.73 Å². The molecular formula is C15H22N2O2S2. The number of rotatable bonds is 8. The Bertz CT molecular complexity index is 595. The molecule has 0 amide bonds. The van der Waals surface area contributed by atoms with Crippen LogP contribution in [0.2, 0.25) is 0 Å². The zero-order valence-corrected chi connectivity index (χ0v) is 13.7. The third-order valence-corrected chi connectivity index (χ3v) is 7.20. The second-order valence-corrected chi connectivity index (χ2v) is 9.12. The molecule has 1 aromatic rings. The number of thioether (sulfide) groups is 1. The van der Waals surface area contributed by atoms with Crippen LogP contribution in [0.15, 0.2) is 29.2 Å². The van der Waals surface area contributed by atoms with E-state index in [0.29, 0.717) is 11.7 Å². The van der Waals surface area contributed by atoms with Crippen LogP contribution >= 0.6 is 11.8 Å². The molecule has 1 aromatic carbocycles. The lowest BCUT2D eigenvalue weighted by molar-refractivity contribution is 0.389. The van der Waals surface area contributed by atoms with Gasteiger partial charge in [0.2, 0.25) is 10.0 Å². The first-order chi connectivity index (χ1) is 10.1. The molecule has 0 radical (unpaired) electrons. The van der Waals surface area contributed by atoms with E-state index in [1.54, 1.807) is 4.31 Å². The van der Waals surface area contributed by atoms with Crippen molar-refractivity contribution in [2.24, 2.45) is 5.92 Å². The maximum atomic E-state index is 12.5. The molecule has 0 bridgehead atoms. The van der Waals surface area contributed by atoms with Crippen molar-refractivity contribution < 1.29 is 8.42 Å². The maximum Gasteiger partial charge on any atom is 0.215 e. The first kappa shape index (κ1) is 15.2. The quantitative estimate of drug-likeness (QED) is 0.589. The third kappa shape index (κ3) is 4.14. The van der Waals surface area contributed by atoms with E-state index >= 15 is 0 Å². The topological polar surface area (TPSA) is 63.4 Å². The zero-order chi connectivity index (χ0) is 14.9. The lowest BCUT2D eigenvalue weighted by atomic mass is 10.3. The Balaban J connectivity index is 1.56. The molecule has 116 valence electrons. The average molecular weight is 326 g/mol. The number of anilines is 1. The molecule has 0 saturated heterocycles. The minimum absolute atomic E-state index is 0.204. The van der Waals surface area contributed by atoms with Crippen molar-refractivity contribution in [3.8, 4) is 0 Å². The van der Waals surface area contributed by atoms with E-state index < -0.39 is 10.0 Å². The van der Waals surface area contributed by atoms with Crippen LogP contribution in [-0.4, -0.2) is 36.8 Å². The highest BCUT2D eigenvalue weighted by atomic mass is 32.2. The molecule has 0 aliphatic heterocycles. The van der Waals surface area contributed by atoms with Gasteiger partial charge >= 0.3 is 0 Å². The molecule has 3 rings (SSSR count). The minimum Gasteiger partial charge on any atom is -0.398 e. The van der Waals surface area contributed by atoms with Crippen molar-refractivity contribution >= 4 is 27.5 Å². The van der Waals surface area contributed by atoms with Gasteiger partial charge in [-0.05, 0) is 43.7 Å². The van der Waals surface area contributed by atoms with Gasteiger partial charge in [0.25, 0.3) is 0 Å². The molecule has 2 fully saturated rings. The van der Waals surface area contributed by atoms with E-state index in [1.807, 2.05) is 24.3 Å². The highest BCUT2D eigenvalue weighted by Gasteiger charge is 2.40. The number of hydrogen-bond acceptors (Lipinski definition) is 4. The van der Waals surface area contributed by atoms with Crippen LogP contribution in [0.5, 0.6) is 0 Å². The summed E-state index contributed by atoms with van der Waals surface area (Å²) in [6.07, 6.45) is 4.44. The number of para-hydroxylation sites is 1. The SMILES string of the molecule is Nc1ccccc1SCCS(=O)(=O)N(CC1CC1)C1CC1. The van der Waals surface area contributed by atoms with Crippen LogP contribution in [0, 0.1) is 5.92 Å². The molecule has 2 N–H and O–H groups in total.